The van der Waals surface area contributed by atoms with E-state index in [-0.39, 0.29) is 0 Å². The van der Waals surface area contributed by atoms with Crippen LogP contribution < -0.4 is 5.32 Å². The third-order valence-electron chi connectivity index (χ3n) is 3.97. The maximum Gasteiger partial charge on any atom is 0.231 e. The molecule has 2 aromatic heterocycles. The Balaban J connectivity index is 1.77. The predicted molar refractivity (Wildman–Crippen MR) is 78.6 cm³/mol. The predicted octanol–water partition coefficient (Wildman–Crippen LogP) is 2.55. The molecule has 0 aromatic carbocycles. The summed E-state index contributed by atoms with van der Waals surface area (Å²) < 4.78 is 5.50. The van der Waals surface area contributed by atoms with Crippen molar-refractivity contribution in [3.05, 3.63) is 24.5 Å². The van der Waals surface area contributed by atoms with Crippen molar-refractivity contribution in [2.45, 2.75) is 51.0 Å². The average Bonchev–Trinajstić information content (AvgIpc) is 3.04. The van der Waals surface area contributed by atoms with E-state index in [4.69, 9.17) is 4.52 Å². The molecule has 0 spiro atoms. The lowest BCUT2D eigenvalue weighted by atomic mass is 9.84. The van der Waals surface area contributed by atoms with Crippen LogP contribution in [0.3, 0.4) is 0 Å². The number of nitrogens with zero attached hydrogens (tertiary/aromatic N) is 4. The zero-order valence-corrected chi connectivity index (χ0v) is 12.3. The first-order chi connectivity index (χ1) is 10.4. The quantitative estimate of drug-likeness (QED) is 0.910. The molecule has 112 valence electrons. The molecule has 1 aliphatic carbocycles. The Kier molecular flexibility index (Phi) is 4.55. The van der Waals surface area contributed by atoms with E-state index in [2.05, 4.69) is 32.3 Å². The normalized spacial score (nSPS) is 22.3. The van der Waals surface area contributed by atoms with Gasteiger partial charge in [0.05, 0.1) is 12.1 Å². The highest BCUT2D eigenvalue weighted by molar-refractivity contribution is 5.45. The van der Waals surface area contributed by atoms with E-state index in [1.807, 2.05) is 0 Å². The second-order valence-electron chi connectivity index (χ2n) is 5.50. The second kappa shape index (κ2) is 6.76. The summed E-state index contributed by atoms with van der Waals surface area (Å²) in [5.74, 6) is 1.56. The summed E-state index contributed by atoms with van der Waals surface area (Å²) in [5, 5.41) is 7.67. The first-order valence-electron chi connectivity index (χ1n) is 7.72. The van der Waals surface area contributed by atoms with Gasteiger partial charge >= 0.3 is 0 Å². The Labute approximate surface area is 124 Å². The first-order valence-corrected chi connectivity index (χ1v) is 7.72. The molecule has 2 unspecified atom stereocenters. The Hall–Kier alpha value is -1.82. The van der Waals surface area contributed by atoms with Crippen LogP contribution in [-0.4, -0.2) is 32.7 Å². The van der Waals surface area contributed by atoms with Gasteiger partial charge in [-0.25, -0.2) is 4.98 Å². The molecular formula is C15H21N5O. The fourth-order valence-electron chi connectivity index (χ4n) is 2.90. The van der Waals surface area contributed by atoms with Gasteiger partial charge in [0.2, 0.25) is 11.7 Å². The van der Waals surface area contributed by atoms with Gasteiger partial charge in [0, 0.05) is 18.4 Å². The van der Waals surface area contributed by atoms with Crippen molar-refractivity contribution in [2.75, 3.05) is 6.54 Å². The lowest BCUT2D eigenvalue weighted by Crippen LogP contribution is -2.37. The van der Waals surface area contributed by atoms with Crippen LogP contribution in [0.25, 0.3) is 11.5 Å². The van der Waals surface area contributed by atoms with Crippen LogP contribution >= 0.6 is 0 Å². The molecule has 1 saturated carbocycles. The number of hydrogen-bond donors (Lipinski definition) is 1. The van der Waals surface area contributed by atoms with E-state index in [9.17, 15) is 0 Å². The van der Waals surface area contributed by atoms with E-state index < -0.39 is 0 Å². The SMILES string of the molecule is CCCNC1CCCCC1c1nc(-c2cnccn2)no1. The van der Waals surface area contributed by atoms with Crippen molar-refractivity contribution in [3.8, 4) is 11.5 Å². The smallest absolute Gasteiger partial charge is 0.231 e. The van der Waals surface area contributed by atoms with E-state index >= 15 is 0 Å². The molecule has 0 saturated heterocycles. The highest BCUT2D eigenvalue weighted by Crippen LogP contribution is 2.32. The summed E-state index contributed by atoms with van der Waals surface area (Å²) in [6, 6.07) is 0.439. The Morgan fingerprint density at radius 3 is 3.00 bits per heavy atom. The van der Waals surface area contributed by atoms with Gasteiger partial charge < -0.3 is 9.84 Å². The number of aromatic nitrogens is 4. The summed E-state index contributed by atoms with van der Waals surface area (Å²) in [6.45, 7) is 3.22. The molecule has 2 aromatic rings. The lowest BCUT2D eigenvalue weighted by molar-refractivity contribution is 0.263. The monoisotopic (exact) mass is 287 g/mol. The van der Waals surface area contributed by atoms with Crippen LogP contribution in [0, 0.1) is 0 Å². The van der Waals surface area contributed by atoms with E-state index in [0.29, 0.717) is 23.5 Å². The number of rotatable bonds is 5. The van der Waals surface area contributed by atoms with Gasteiger partial charge in [-0.05, 0) is 25.8 Å². The number of hydrogen-bond acceptors (Lipinski definition) is 6. The summed E-state index contributed by atoms with van der Waals surface area (Å²) in [4.78, 5) is 12.8. The summed E-state index contributed by atoms with van der Waals surface area (Å²) in [6.07, 6.45) is 10.8. The molecule has 0 bridgehead atoms. The largest absolute Gasteiger partial charge is 0.339 e. The van der Waals surface area contributed by atoms with Crippen molar-refractivity contribution in [1.29, 1.82) is 0 Å². The third-order valence-corrected chi connectivity index (χ3v) is 3.97. The molecule has 6 nitrogen and oxygen atoms in total. The average molecular weight is 287 g/mol. The minimum Gasteiger partial charge on any atom is -0.339 e. The van der Waals surface area contributed by atoms with Gasteiger partial charge in [0.1, 0.15) is 5.69 Å². The van der Waals surface area contributed by atoms with Gasteiger partial charge in [-0.15, -0.1) is 0 Å². The van der Waals surface area contributed by atoms with Crippen LogP contribution in [0.15, 0.2) is 23.1 Å². The van der Waals surface area contributed by atoms with Crippen molar-refractivity contribution in [3.63, 3.8) is 0 Å². The van der Waals surface area contributed by atoms with Crippen LogP contribution in [0.4, 0.5) is 0 Å². The topological polar surface area (TPSA) is 76.7 Å². The Morgan fingerprint density at radius 1 is 1.29 bits per heavy atom. The lowest BCUT2D eigenvalue weighted by Gasteiger charge is -2.29. The van der Waals surface area contributed by atoms with Crippen molar-refractivity contribution < 1.29 is 4.52 Å². The molecule has 0 radical (unpaired) electrons. The highest BCUT2D eigenvalue weighted by atomic mass is 16.5. The molecule has 2 atom stereocenters. The second-order valence-corrected chi connectivity index (χ2v) is 5.50. The zero-order chi connectivity index (χ0) is 14.5. The van der Waals surface area contributed by atoms with E-state index in [1.54, 1.807) is 18.6 Å². The Bertz CT molecular complexity index is 556. The van der Waals surface area contributed by atoms with Gasteiger partial charge in [0.15, 0.2) is 0 Å². The molecule has 1 aliphatic rings. The summed E-state index contributed by atoms with van der Waals surface area (Å²) >= 11 is 0. The molecule has 0 amide bonds. The summed E-state index contributed by atoms with van der Waals surface area (Å²) in [5.41, 5.74) is 0.654. The van der Waals surface area contributed by atoms with Crippen molar-refractivity contribution in [2.24, 2.45) is 0 Å². The van der Waals surface area contributed by atoms with Gasteiger partial charge in [0.25, 0.3) is 0 Å². The summed E-state index contributed by atoms with van der Waals surface area (Å²) in [7, 11) is 0. The van der Waals surface area contributed by atoms with E-state index in [0.717, 1.165) is 25.3 Å². The fourth-order valence-corrected chi connectivity index (χ4v) is 2.90. The highest BCUT2D eigenvalue weighted by Gasteiger charge is 2.30. The van der Waals surface area contributed by atoms with Crippen LogP contribution in [-0.2, 0) is 0 Å². The maximum absolute atomic E-state index is 5.50. The fraction of sp³-hybridized carbons (Fsp3) is 0.600. The van der Waals surface area contributed by atoms with Gasteiger partial charge in [-0.3, -0.25) is 4.98 Å². The van der Waals surface area contributed by atoms with Crippen LogP contribution in [0.5, 0.6) is 0 Å². The van der Waals surface area contributed by atoms with E-state index in [1.165, 1.54) is 19.3 Å². The Morgan fingerprint density at radius 2 is 2.19 bits per heavy atom. The minimum atomic E-state index is 0.309. The standard InChI is InChI=1S/C15H21N5O/c1-2-7-17-12-6-4-3-5-11(12)15-19-14(20-21-15)13-10-16-8-9-18-13/h8-12,17H,2-7H2,1H3. The number of nitrogens with one attached hydrogen (secondary N) is 1. The molecule has 3 rings (SSSR count). The van der Waals surface area contributed by atoms with Crippen LogP contribution in [0.2, 0.25) is 0 Å². The zero-order valence-electron chi connectivity index (χ0n) is 12.3. The molecule has 0 aliphatic heterocycles. The molecule has 6 heteroatoms. The van der Waals surface area contributed by atoms with Crippen molar-refractivity contribution in [1.82, 2.24) is 25.4 Å². The molecule has 21 heavy (non-hydrogen) atoms. The van der Waals surface area contributed by atoms with Crippen LogP contribution in [0.1, 0.15) is 50.8 Å². The molecule has 1 fully saturated rings. The van der Waals surface area contributed by atoms with Gasteiger partial charge in [-0.1, -0.05) is 24.9 Å². The third kappa shape index (κ3) is 3.26. The first kappa shape index (κ1) is 14.1. The molecule has 2 heterocycles. The molecular weight excluding hydrogens is 266 g/mol. The van der Waals surface area contributed by atoms with Gasteiger partial charge in [-0.2, -0.15) is 4.98 Å². The maximum atomic E-state index is 5.50. The van der Waals surface area contributed by atoms with Crippen molar-refractivity contribution >= 4 is 0 Å². The minimum absolute atomic E-state index is 0.309. The molecule has 1 N–H and O–H groups in total.